The van der Waals surface area contributed by atoms with Gasteiger partial charge in [-0.25, -0.2) is 12.7 Å². The summed E-state index contributed by atoms with van der Waals surface area (Å²) in [5.41, 5.74) is 0.333. The van der Waals surface area contributed by atoms with Crippen LogP contribution in [0.1, 0.15) is 38.8 Å². The Balaban J connectivity index is 2.70. The maximum Gasteiger partial charge on any atom is 0.242 e. The van der Waals surface area contributed by atoms with Crippen molar-refractivity contribution < 1.29 is 13.5 Å². The Bertz CT molecular complexity index is 545. The quantitative estimate of drug-likeness (QED) is 0.804. The van der Waals surface area contributed by atoms with Crippen LogP contribution in [0.2, 0.25) is 0 Å². The topological polar surface area (TPSA) is 69.6 Å². The summed E-state index contributed by atoms with van der Waals surface area (Å²) in [7, 11) is -0.340. The number of nitrogens with one attached hydrogen (secondary N) is 1. The van der Waals surface area contributed by atoms with E-state index in [9.17, 15) is 13.5 Å². The molecule has 0 saturated heterocycles. The highest BCUT2D eigenvalue weighted by Gasteiger charge is 2.17. The first-order valence-electron chi connectivity index (χ1n) is 7.02. The Hall–Kier alpha value is -0.950. The molecule has 6 heteroatoms. The predicted octanol–water partition coefficient (Wildman–Crippen LogP) is 1.75. The minimum absolute atomic E-state index is 0.100. The predicted molar refractivity (Wildman–Crippen MR) is 84.6 cm³/mol. The Morgan fingerprint density at radius 1 is 1.24 bits per heavy atom. The van der Waals surface area contributed by atoms with Gasteiger partial charge in [-0.05, 0) is 51.4 Å². The standard InChI is InChI=1S/C15H26N2O3S/c1-12(16-11-10-15(2,3)18)13-6-8-14(9-7-13)21(19,20)17(4)5/h6-9,12,16,18H,10-11H2,1-5H3. The van der Waals surface area contributed by atoms with Crippen molar-refractivity contribution in [3.63, 3.8) is 0 Å². The van der Waals surface area contributed by atoms with E-state index in [0.717, 1.165) is 5.56 Å². The third-order valence-electron chi connectivity index (χ3n) is 3.35. The van der Waals surface area contributed by atoms with Crippen molar-refractivity contribution in [2.24, 2.45) is 0 Å². The number of benzene rings is 1. The molecule has 0 radical (unpaired) electrons. The molecule has 0 heterocycles. The van der Waals surface area contributed by atoms with Gasteiger partial charge in [0.05, 0.1) is 10.5 Å². The Morgan fingerprint density at radius 3 is 2.19 bits per heavy atom. The molecule has 21 heavy (non-hydrogen) atoms. The van der Waals surface area contributed by atoms with Crippen LogP contribution in [0.5, 0.6) is 0 Å². The monoisotopic (exact) mass is 314 g/mol. The molecule has 1 aromatic rings. The van der Waals surface area contributed by atoms with Crippen molar-refractivity contribution in [3.8, 4) is 0 Å². The number of sulfonamides is 1. The summed E-state index contributed by atoms with van der Waals surface area (Å²) in [6.45, 7) is 6.27. The van der Waals surface area contributed by atoms with Crippen LogP contribution in [-0.4, -0.2) is 44.1 Å². The van der Waals surface area contributed by atoms with Crippen LogP contribution in [0.3, 0.4) is 0 Å². The van der Waals surface area contributed by atoms with Gasteiger partial charge in [-0.2, -0.15) is 0 Å². The first kappa shape index (κ1) is 18.1. The molecular weight excluding hydrogens is 288 g/mol. The number of hydrogen-bond acceptors (Lipinski definition) is 4. The Labute approximate surface area is 128 Å². The lowest BCUT2D eigenvalue weighted by Crippen LogP contribution is -2.28. The summed E-state index contributed by atoms with van der Waals surface area (Å²) in [6, 6.07) is 6.98. The molecule has 0 amide bonds. The molecule has 1 unspecified atom stereocenters. The van der Waals surface area contributed by atoms with Crippen LogP contribution in [0, 0.1) is 0 Å². The average molecular weight is 314 g/mol. The zero-order chi connectivity index (χ0) is 16.3. The van der Waals surface area contributed by atoms with E-state index in [0.29, 0.717) is 17.9 Å². The van der Waals surface area contributed by atoms with E-state index in [1.165, 1.54) is 18.4 Å². The number of rotatable bonds is 7. The molecule has 0 bridgehead atoms. The first-order valence-corrected chi connectivity index (χ1v) is 8.46. The lowest BCUT2D eigenvalue weighted by molar-refractivity contribution is 0.0705. The van der Waals surface area contributed by atoms with Gasteiger partial charge in [-0.15, -0.1) is 0 Å². The lowest BCUT2D eigenvalue weighted by atomic mass is 10.0. The van der Waals surface area contributed by atoms with E-state index in [2.05, 4.69) is 5.32 Å². The molecule has 0 saturated carbocycles. The van der Waals surface area contributed by atoms with Crippen molar-refractivity contribution in [1.82, 2.24) is 9.62 Å². The van der Waals surface area contributed by atoms with Gasteiger partial charge in [-0.3, -0.25) is 0 Å². The molecule has 5 nitrogen and oxygen atoms in total. The van der Waals surface area contributed by atoms with Crippen LogP contribution >= 0.6 is 0 Å². The molecule has 1 rings (SSSR count). The van der Waals surface area contributed by atoms with Crippen LogP contribution in [0.15, 0.2) is 29.2 Å². The highest BCUT2D eigenvalue weighted by atomic mass is 32.2. The maximum absolute atomic E-state index is 12.0. The van der Waals surface area contributed by atoms with E-state index in [4.69, 9.17) is 0 Å². The van der Waals surface area contributed by atoms with Crippen LogP contribution in [0.25, 0.3) is 0 Å². The second kappa shape index (κ2) is 6.87. The second-order valence-electron chi connectivity index (χ2n) is 6.09. The SMILES string of the molecule is CC(NCCC(C)(C)O)c1ccc(S(=O)(=O)N(C)C)cc1. The van der Waals surface area contributed by atoms with E-state index < -0.39 is 15.6 Å². The molecule has 0 aromatic heterocycles. The summed E-state index contributed by atoms with van der Waals surface area (Å²) >= 11 is 0. The van der Waals surface area contributed by atoms with Crippen LogP contribution in [-0.2, 0) is 10.0 Å². The minimum Gasteiger partial charge on any atom is -0.390 e. The highest BCUT2D eigenvalue weighted by Crippen LogP contribution is 2.18. The minimum atomic E-state index is -3.38. The van der Waals surface area contributed by atoms with Gasteiger partial charge in [0.2, 0.25) is 10.0 Å². The van der Waals surface area contributed by atoms with E-state index in [1.807, 2.05) is 19.1 Å². The third-order valence-corrected chi connectivity index (χ3v) is 5.18. The number of nitrogens with zero attached hydrogens (tertiary/aromatic N) is 1. The smallest absolute Gasteiger partial charge is 0.242 e. The fourth-order valence-corrected chi connectivity index (χ4v) is 2.75. The fraction of sp³-hybridized carbons (Fsp3) is 0.600. The third kappa shape index (κ3) is 5.39. The largest absolute Gasteiger partial charge is 0.390 e. The van der Waals surface area contributed by atoms with Gasteiger partial charge in [0.25, 0.3) is 0 Å². The highest BCUT2D eigenvalue weighted by molar-refractivity contribution is 7.89. The summed E-state index contributed by atoms with van der Waals surface area (Å²) < 4.78 is 25.2. The Kier molecular flexibility index (Phi) is 5.92. The van der Waals surface area contributed by atoms with E-state index >= 15 is 0 Å². The summed E-state index contributed by atoms with van der Waals surface area (Å²) in [4.78, 5) is 0.292. The molecule has 1 atom stereocenters. The van der Waals surface area contributed by atoms with E-state index in [-0.39, 0.29) is 6.04 Å². The zero-order valence-corrected chi connectivity index (χ0v) is 14.2. The van der Waals surface area contributed by atoms with Gasteiger partial charge in [-0.1, -0.05) is 12.1 Å². The Morgan fingerprint density at radius 2 is 1.76 bits per heavy atom. The summed E-state index contributed by atoms with van der Waals surface area (Å²) in [5, 5.41) is 13.0. The summed E-state index contributed by atoms with van der Waals surface area (Å²) in [6.07, 6.45) is 0.657. The van der Waals surface area contributed by atoms with Crippen molar-refractivity contribution in [2.45, 2.75) is 43.7 Å². The van der Waals surface area contributed by atoms with Gasteiger partial charge >= 0.3 is 0 Å². The van der Waals surface area contributed by atoms with Gasteiger partial charge in [0.1, 0.15) is 0 Å². The number of hydrogen-bond donors (Lipinski definition) is 2. The molecule has 0 aliphatic rings. The zero-order valence-electron chi connectivity index (χ0n) is 13.4. The lowest BCUT2D eigenvalue weighted by Gasteiger charge is -2.20. The fourth-order valence-electron chi connectivity index (χ4n) is 1.85. The molecular formula is C15H26N2O3S. The molecule has 0 spiro atoms. The second-order valence-corrected chi connectivity index (χ2v) is 8.25. The number of aliphatic hydroxyl groups is 1. The van der Waals surface area contributed by atoms with Crippen molar-refractivity contribution >= 4 is 10.0 Å². The molecule has 120 valence electrons. The van der Waals surface area contributed by atoms with Crippen molar-refractivity contribution in [3.05, 3.63) is 29.8 Å². The first-order chi connectivity index (χ1) is 9.54. The van der Waals surface area contributed by atoms with Gasteiger partial charge in [0.15, 0.2) is 0 Å². The van der Waals surface area contributed by atoms with Gasteiger partial charge in [0, 0.05) is 20.1 Å². The maximum atomic E-state index is 12.0. The molecule has 0 aliphatic carbocycles. The van der Waals surface area contributed by atoms with E-state index in [1.54, 1.807) is 26.0 Å². The molecule has 2 N–H and O–H groups in total. The van der Waals surface area contributed by atoms with Crippen molar-refractivity contribution in [2.75, 3.05) is 20.6 Å². The van der Waals surface area contributed by atoms with Crippen molar-refractivity contribution in [1.29, 1.82) is 0 Å². The van der Waals surface area contributed by atoms with Crippen LogP contribution in [0.4, 0.5) is 0 Å². The average Bonchev–Trinajstić information content (AvgIpc) is 2.37. The summed E-state index contributed by atoms with van der Waals surface area (Å²) in [5.74, 6) is 0. The normalized spacial score (nSPS) is 14.4. The molecule has 0 fully saturated rings. The van der Waals surface area contributed by atoms with Crippen LogP contribution < -0.4 is 5.32 Å². The molecule has 1 aromatic carbocycles. The van der Waals surface area contributed by atoms with Gasteiger partial charge < -0.3 is 10.4 Å². The molecule has 0 aliphatic heterocycles.